The van der Waals surface area contributed by atoms with Gasteiger partial charge in [0.25, 0.3) is 5.69 Å². The summed E-state index contributed by atoms with van der Waals surface area (Å²) in [6.45, 7) is 1.98. The first kappa shape index (κ1) is 19.7. The average molecular weight is 409 g/mol. The summed E-state index contributed by atoms with van der Waals surface area (Å²) in [5, 5.41) is 11.7. The maximum Gasteiger partial charge on any atom is 0.328 e. The van der Waals surface area contributed by atoms with E-state index in [0.29, 0.717) is 49.3 Å². The molecule has 1 saturated heterocycles. The van der Waals surface area contributed by atoms with E-state index in [1.54, 1.807) is 25.1 Å². The number of carbonyl (C=O) groups is 1. The third-order valence-corrected chi connectivity index (χ3v) is 5.74. The molecule has 1 aliphatic heterocycles. The number of hydrogen-bond donors (Lipinski definition) is 0. The first-order chi connectivity index (χ1) is 14.4. The highest BCUT2D eigenvalue weighted by molar-refractivity contribution is 5.86. The number of anilines is 1. The fraction of sp³-hybridized carbons (Fsp3) is 0.333. The molecule has 1 aromatic heterocycles. The van der Waals surface area contributed by atoms with Crippen molar-refractivity contribution in [2.24, 2.45) is 14.1 Å². The molecule has 156 valence electrons. The molecule has 0 N–H and O–H groups in total. The molecule has 0 unspecified atom stereocenters. The van der Waals surface area contributed by atoms with Crippen molar-refractivity contribution in [3.8, 4) is 0 Å². The van der Waals surface area contributed by atoms with Crippen molar-refractivity contribution in [2.45, 2.75) is 6.42 Å². The summed E-state index contributed by atoms with van der Waals surface area (Å²) in [5.74, 6) is 0.0521. The second kappa shape index (κ2) is 7.66. The number of carbonyl (C=O) groups excluding carboxylic acids is 1. The zero-order valence-electron chi connectivity index (χ0n) is 16.9. The van der Waals surface area contributed by atoms with Crippen LogP contribution in [0.2, 0.25) is 0 Å². The normalized spacial score (nSPS) is 14.3. The van der Waals surface area contributed by atoms with Crippen molar-refractivity contribution in [3.05, 3.63) is 68.6 Å². The SMILES string of the molecule is Cn1c(=O)n(C)c2cc([N+](=O)[O-])c(N3CCN(C(=O)Cc4ccccc4)CC3)cc21. The number of nitro benzene ring substituents is 1. The van der Waals surface area contributed by atoms with E-state index < -0.39 is 4.92 Å². The molecule has 1 aliphatic rings. The van der Waals surface area contributed by atoms with Crippen LogP contribution in [0.4, 0.5) is 11.4 Å². The van der Waals surface area contributed by atoms with Gasteiger partial charge >= 0.3 is 5.69 Å². The quantitative estimate of drug-likeness (QED) is 0.483. The molecule has 0 radical (unpaired) electrons. The molecule has 0 spiro atoms. The van der Waals surface area contributed by atoms with Crippen LogP contribution >= 0.6 is 0 Å². The Balaban J connectivity index is 1.56. The fourth-order valence-electron chi connectivity index (χ4n) is 4.00. The summed E-state index contributed by atoms with van der Waals surface area (Å²) >= 11 is 0. The molecule has 0 atom stereocenters. The van der Waals surface area contributed by atoms with Crippen LogP contribution in [0.25, 0.3) is 11.0 Å². The molecule has 9 heteroatoms. The van der Waals surface area contributed by atoms with Crippen molar-refractivity contribution < 1.29 is 9.72 Å². The van der Waals surface area contributed by atoms with Gasteiger partial charge in [-0.3, -0.25) is 24.0 Å². The fourth-order valence-corrected chi connectivity index (χ4v) is 4.00. The monoisotopic (exact) mass is 409 g/mol. The zero-order chi connectivity index (χ0) is 21.4. The molecule has 2 heterocycles. The third kappa shape index (κ3) is 3.42. The van der Waals surface area contributed by atoms with Gasteiger partial charge < -0.3 is 9.80 Å². The van der Waals surface area contributed by atoms with Crippen LogP contribution in [0.5, 0.6) is 0 Å². The Hall–Kier alpha value is -3.62. The second-order valence-electron chi connectivity index (χ2n) is 7.52. The Bertz CT molecular complexity index is 1170. The second-order valence-corrected chi connectivity index (χ2v) is 7.52. The number of rotatable bonds is 4. The van der Waals surface area contributed by atoms with E-state index in [0.717, 1.165) is 5.56 Å². The Morgan fingerprint density at radius 3 is 2.20 bits per heavy atom. The molecule has 3 aromatic rings. The van der Waals surface area contributed by atoms with Crippen molar-refractivity contribution in [2.75, 3.05) is 31.1 Å². The minimum absolute atomic E-state index is 0.0345. The number of aryl methyl sites for hydroxylation is 2. The highest BCUT2D eigenvalue weighted by Gasteiger charge is 2.27. The summed E-state index contributed by atoms with van der Waals surface area (Å²) in [6.07, 6.45) is 0.346. The van der Waals surface area contributed by atoms with Crippen LogP contribution in [0.1, 0.15) is 5.56 Å². The number of nitrogens with zero attached hydrogens (tertiary/aromatic N) is 5. The molecule has 1 amide bonds. The standard InChI is InChI=1S/C21H23N5O4/c1-22-16-13-18(19(26(29)30)14-17(16)23(2)21(22)28)24-8-10-25(11-9-24)20(27)12-15-6-4-3-5-7-15/h3-7,13-14H,8-12H2,1-2H3. The molecule has 0 saturated carbocycles. The molecular formula is C21H23N5O4. The van der Waals surface area contributed by atoms with Gasteiger partial charge in [0.2, 0.25) is 5.91 Å². The summed E-state index contributed by atoms with van der Waals surface area (Å²) in [6, 6.07) is 12.8. The lowest BCUT2D eigenvalue weighted by molar-refractivity contribution is -0.384. The molecule has 0 aliphatic carbocycles. The molecule has 2 aromatic carbocycles. The third-order valence-electron chi connectivity index (χ3n) is 5.74. The Morgan fingerprint density at radius 2 is 1.60 bits per heavy atom. The van der Waals surface area contributed by atoms with E-state index in [1.807, 2.05) is 35.2 Å². The molecule has 0 bridgehead atoms. The van der Waals surface area contributed by atoms with Gasteiger partial charge in [0.1, 0.15) is 5.69 Å². The lowest BCUT2D eigenvalue weighted by Gasteiger charge is -2.36. The van der Waals surface area contributed by atoms with E-state index in [2.05, 4.69) is 0 Å². The zero-order valence-corrected chi connectivity index (χ0v) is 16.9. The highest BCUT2D eigenvalue weighted by atomic mass is 16.6. The van der Waals surface area contributed by atoms with Crippen LogP contribution < -0.4 is 10.6 Å². The Labute approximate surface area is 172 Å². The van der Waals surface area contributed by atoms with Gasteiger partial charge in [-0.05, 0) is 11.6 Å². The highest BCUT2D eigenvalue weighted by Crippen LogP contribution is 2.33. The average Bonchev–Trinajstić information content (AvgIpc) is 2.97. The summed E-state index contributed by atoms with van der Waals surface area (Å²) in [7, 11) is 3.26. The number of fused-ring (bicyclic) bond motifs is 1. The van der Waals surface area contributed by atoms with E-state index in [9.17, 15) is 19.7 Å². The first-order valence-electron chi connectivity index (χ1n) is 9.77. The molecule has 30 heavy (non-hydrogen) atoms. The van der Waals surface area contributed by atoms with Gasteiger partial charge in [-0.2, -0.15) is 0 Å². The Morgan fingerprint density at radius 1 is 1.00 bits per heavy atom. The predicted molar refractivity (Wildman–Crippen MR) is 114 cm³/mol. The van der Waals surface area contributed by atoms with E-state index in [1.165, 1.54) is 15.2 Å². The lowest BCUT2D eigenvalue weighted by atomic mass is 10.1. The van der Waals surface area contributed by atoms with Crippen LogP contribution in [-0.4, -0.2) is 51.0 Å². The predicted octanol–water partition coefficient (Wildman–Crippen LogP) is 1.68. The van der Waals surface area contributed by atoms with Gasteiger partial charge in [0.15, 0.2) is 0 Å². The maximum atomic E-state index is 12.6. The van der Waals surface area contributed by atoms with E-state index in [4.69, 9.17) is 0 Å². The van der Waals surface area contributed by atoms with E-state index >= 15 is 0 Å². The van der Waals surface area contributed by atoms with Crippen LogP contribution in [-0.2, 0) is 25.3 Å². The lowest BCUT2D eigenvalue weighted by Crippen LogP contribution is -2.49. The van der Waals surface area contributed by atoms with Gasteiger partial charge in [0, 0.05) is 46.3 Å². The van der Waals surface area contributed by atoms with Crippen LogP contribution in [0, 0.1) is 10.1 Å². The molecule has 1 fully saturated rings. The first-order valence-corrected chi connectivity index (χ1v) is 9.77. The minimum atomic E-state index is -0.417. The minimum Gasteiger partial charge on any atom is -0.362 e. The topological polar surface area (TPSA) is 93.6 Å². The van der Waals surface area contributed by atoms with Crippen LogP contribution in [0.3, 0.4) is 0 Å². The summed E-state index contributed by atoms with van der Waals surface area (Å²) < 4.78 is 2.90. The van der Waals surface area contributed by atoms with Crippen LogP contribution in [0.15, 0.2) is 47.3 Å². The molecule has 4 rings (SSSR count). The number of nitro groups is 1. The Kier molecular flexibility index (Phi) is 5.03. The van der Waals surface area contributed by atoms with Gasteiger partial charge in [0.05, 0.1) is 22.4 Å². The number of benzene rings is 2. The maximum absolute atomic E-state index is 12.6. The number of piperazine rings is 1. The molecule has 9 nitrogen and oxygen atoms in total. The number of amides is 1. The summed E-state index contributed by atoms with van der Waals surface area (Å²) in [5.41, 5.74) is 2.35. The number of imidazole rings is 1. The van der Waals surface area contributed by atoms with Crippen molar-refractivity contribution in [1.82, 2.24) is 14.0 Å². The number of aromatic nitrogens is 2. The summed E-state index contributed by atoms with van der Waals surface area (Å²) in [4.78, 5) is 39.8. The molecular weight excluding hydrogens is 386 g/mol. The largest absolute Gasteiger partial charge is 0.362 e. The van der Waals surface area contributed by atoms with Crippen molar-refractivity contribution in [1.29, 1.82) is 0 Å². The van der Waals surface area contributed by atoms with E-state index in [-0.39, 0.29) is 17.3 Å². The van der Waals surface area contributed by atoms with Gasteiger partial charge in [-0.1, -0.05) is 30.3 Å². The van der Waals surface area contributed by atoms with Gasteiger partial charge in [-0.25, -0.2) is 4.79 Å². The van der Waals surface area contributed by atoms with Crippen molar-refractivity contribution >= 4 is 28.3 Å². The number of hydrogen-bond acceptors (Lipinski definition) is 5. The smallest absolute Gasteiger partial charge is 0.328 e. The van der Waals surface area contributed by atoms with Gasteiger partial charge in [-0.15, -0.1) is 0 Å². The van der Waals surface area contributed by atoms with Crippen molar-refractivity contribution in [3.63, 3.8) is 0 Å².